The zero-order valence-corrected chi connectivity index (χ0v) is 16.4. The van der Waals surface area contributed by atoms with Crippen molar-refractivity contribution < 1.29 is 0 Å². The van der Waals surface area contributed by atoms with Crippen LogP contribution < -0.4 is 0 Å². The van der Waals surface area contributed by atoms with Gasteiger partial charge in [0.1, 0.15) is 0 Å². The molecule has 5 heteroatoms. The Hall–Kier alpha value is 0.762. The van der Waals surface area contributed by atoms with Gasteiger partial charge in [0.15, 0.2) is 0 Å². The molecule has 0 unspecified atom stereocenters. The maximum absolute atomic E-state index is 4.12. The van der Waals surface area contributed by atoms with E-state index in [4.69, 9.17) is 0 Å². The summed E-state index contributed by atoms with van der Waals surface area (Å²) in [6.45, 7) is 0. The second-order valence-corrected chi connectivity index (χ2v) is 4.90. The van der Waals surface area contributed by atoms with Crippen molar-refractivity contribution in [1.82, 2.24) is 0 Å². The molecule has 0 atom stereocenters. The van der Waals surface area contributed by atoms with E-state index in [2.05, 4.69) is 50.5 Å². The van der Waals surface area contributed by atoms with Gasteiger partial charge in [-0.05, 0) is 24.3 Å². The minimum Gasteiger partial charge on any atom is -0.142 e. The number of benzene rings is 2. The Kier molecular flexibility index (Phi) is 10.1. The van der Waals surface area contributed by atoms with Crippen molar-refractivity contribution in [3.05, 3.63) is 48.5 Å². The molecule has 0 aliphatic carbocycles. The standard InChI is InChI=1S/2C6H6S2.Pb/c2*7-5-3-1-2-4-6(5)8;/h2*1-4,7-8H;/q;;+2. The average Bonchev–Trinajstić information content (AvgIpc) is 2.28. The van der Waals surface area contributed by atoms with Gasteiger partial charge in [-0.15, -0.1) is 50.5 Å². The molecule has 2 aromatic carbocycles. The molecule has 2 rings (SSSR count). The van der Waals surface area contributed by atoms with Crippen molar-refractivity contribution in [3.8, 4) is 0 Å². The Morgan fingerprint density at radius 2 is 0.647 bits per heavy atom. The third kappa shape index (κ3) is 7.05. The summed E-state index contributed by atoms with van der Waals surface area (Å²) in [6.07, 6.45) is 0. The molecule has 17 heavy (non-hydrogen) atoms. The summed E-state index contributed by atoms with van der Waals surface area (Å²) in [6, 6.07) is 15.4. The van der Waals surface area contributed by atoms with E-state index in [0.717, 1.165) is 19.6 Å². The molecule has 86 valence electrons. The number of hydrogen-bond acceptors (Lipinski definition) is 4. The predicted molar refractivity (Wildman–Crippen MR) is 87.6 cm³/mol. The monoisotopic (exact) mass is 492 g/mol. The van der Waals surface area contributed by atoms with Crippen LogP contribution >= 0.6 is 50.5 Å². The maximum atomic E-state index is 4.12. The van der Waals surface area contributed by atoms with Crippen LogP contribution in [0.5, 0.6) is 0 Å². The normalized spacial score (nSPS) is 8.71. The van der Waals surface area contributed by atoms with Gasteiger partial charge in [-0.1, -0.05) is 24.3 Å². The SMILES string of the molecule is Sc1ccccc1S.Sc1ccccc1S.[Pb+2]. The molecule has 0 aliphatic rings. The van der Waals surface area contributed by atoms with Crippen molar-refractivity contribution >= 4 is 77.8 Å². The predicted octanol–water partition coefficient (Wildman–Crippen LogP) is 4.15. The van der Waals surface area contributed by atoms with Gasteiger partial charge in [-0.25, -0.2) is 0 Å². The third-order valence-electron chi connectivity index (χ3n) is 1.76. The molecule has 0 bridgehead atoms. The van der Waals surface area contributed by atoms with Gasteiger partial charge < -0.3 is 0 Å². The molecule has 2 aromatic rings. The van der Waals surface area contributed by atoms with Gasteiger partial charge in [0.25, 0.3) is 0 Å². The van der Waals surface area contributed by atoms with E-state index in [1.807, 2.05) is 48.5 Å². The van der Waals surface area contributed by atoms with Crippen LogP contribution in [0.1, 0.15) is 0 Å². The molecule has 0 fully saturated rings. The van der Waals surface area contributed by atoms with E-state index < -0.39 is 0 Å². The first-order chi connectivity index (χ1) is 7.61. The molecular weight excluding hydrogens is 480 g/mol. The number of rotatable bonds is 0. The summed E-state index contributed by atoms with van der Waals surface area (Å²) in [7, 11) is 0. The van der Waals surface area contributed by atoms with Gasteiger partial charge in [0, 0.05) is 19.6 Å². The van der Waals surface area contributed by atoms with Crippen LogP contribution in [0.2, 0.25) is 0 Å². The van der Waals surface area contributed by atoms with Crippen molar-refractivity contribution in [2.45, 2.75) is 19.6 Å². The molecule has 0 saturated heterocycles. The Bertz CT molecular complexity index is 374. The zero-order valence-electron chi connectivity index (χ0n) is 8.91. The van der Waals surface area contributed by atoms with Crippen LogP contribution in [-0.2, 0) is 0 Å². The van der Waals surface area contributed by atoms with Crippen molar-refractivity contribution in [2.24, 2.45) is 0 Å². The quantitative estimate of drug-likeness (QED) is 0.309. The largest absolute Gasteiger partial charge is 2.00 e. The fraction of sp³-hybridized carbons (Fsp3) is 0. The molecule has 0 saturated carbocycles. The molecule has 0 N–H and O–H groups in total. The molecule has 0 amide bonds. The first-order valence-corrected chi connectivity index (χ1v) is 6.34. The summed E-state index contributed by atoms with van der Waals surface area (Å²) in [4.78, 5) is 3.71. The summed E-state index contributed by atoms with van der Waals surface area (Å²) in [5.74, 6) is 0. The molecule has 0 spiro atoms. The second-order valence-electron chi connectivity index (χ2n) is 2.98. The Morgan fingerprint density at radius 3 is 0.765 bits per heavy atom. The molecule has 2 radical (unpaired) electrons. The molecule has 0 nitrogen and oxygen atoms in total. The summed E-state index contributed by atoms with van der Waals surface area (Å²) < 4.78 is 0. The van der Waals surface area contributed by atoms with Crippen molar-refractivity contribution in [2.75, 3.05) is 0 Å². The van der Waals surface area contributed by atoms with Gasteiger partial charge in [-0.3, -0.25) is 0 Å². The number of hydrogen-bond donors (Lipinski definition) is 4. The first-order valence-electron chi connectivity index (χ1n) is 4.55. The Labute approximate surface area is 144 Å². The van der Waals surface area contributed by atoms with E-state index in [1.165, 1.54) is 0 Å². The number of thiol groups is 4. The third-order valence-corrected chi connectivity index (χ3v) is 3.68. The average molecular weight is 492 g/mol. The minimum atomic E-state index is 0. The van der Waals surface area contributed by atoms with Gasteiger partial charge in [-0.2, -0.15) is 0 Å². The summed E-state index contributed by atoms with van der Waals surface area (Å²) in [5, 5.41) is 0. The van der Waals surface area contributed by atoms with Crippen molar-refractivity contribution in [1.29, 1.82) is 0 Å². The molecule has 0 aliphatic heterocycles. The summed E-state index contributed by atoms with van der Waals surface area (Å²) >= 11 is 16.5. The van der Waals surface area contributed by atoms with Crippen LogP contribution in [0, 0.1) is 0 Å². The second kappa shape index (κ2) is 9.66. The van der Waals surface area contributed by atoms with E-state index in [0.29, 0.717) is 0 Å². The minimum absolute atomic E-state index is 0. The zero-order chi connectivity index (χ0) is 12.0. The van der Waals surface area contributed by atoms with Crippen LogP contribution in [0.3, 0.4) is 0 Å². The Balaban J connectivity index is 0.000000284. The molecule has 0 aromatic heterocycles. The Morgan fingerprint density at radius 1 is 0.471 bits per heavy atom. The summed E-state index contributed by atoms with van der Waals surface area (Å²) in [5.41, 5.74) is 0. The van der Waals surface area contributed by atoms with E-state index >= 15 is 0 Å². The fourth-order valence-corrected chi connectivity index (χ4v) is 1.57. The van der Waals surface area contributed by atoms with E-state index in [-0.39, 0.29) is 27.3 Å². The smallest absolute Gasteiger partial charge is 0.142 e. The van der Waals surface area contributed by atoms with E-state index in [1.54, 1.807) is 0 Å². The maximum Gasteiger partial charge on any atom is 2.00 e. The van der Waals surface area contributed by atoms with Gasteiger partial charge >= 0.3 is 27.3 Å². The topological polar surface area (TPSA) is 0 Å². The van der Waals surface area contributed by atoms with E-state index in [9.17, 15) is 0 Å². The van der Waals surface area contributed by atoms with Crippen LogP contribution in [0.15, 0.2) is 68.1 Å². The van der Waals surface area contributed by atoms with Crippen LogP contribution in [0.25, 0.3) is 0 Å². The molecule has 0 heterocycles. The van der Waals surface area contributed by atoms with Gasteiger partial charge in [0.2, 0.25) is 0 Å². The van der Waals surface area contributed by atoms with Crippen LogP contribution in [0.4, 0.5) is 0 Å². The van der Waals surface area contributed by atoms with Gasteiger partial charge in [0.05, 0.1) is 0 Å². The van der Waals surface area contributed by atoms with Crippen LogP contribution in [-0.4, -0.2) is 27.3 Å². The first kappa shape index (κ1) is 17.8. The fourth-order valence-electron chi connectivity index (χ4n) is 0.928. The van der Waals surface area contributed by atoms with Crippen molar-refractivity contribution in [3.63, 3.8) is 0 Å². The molecular formula is C12H12PbS4+2.